The fourth-order valence-corrected chi connectivity index (χ4v) is 2.37. The highest BCUT2D eigenvalue weighted by Crippen LogP contribution is 2.25. The molecule has 0 aliphatic heterocycles. The summed E-state index contributed by atoms with van der Waals surface area (Å²) in [6.07, 6.45) is 0. The van der Waals surface area contributed by atoms with Crippen LogP contribution >= 0.6 is 0 Å². The predicted molar refractivity (Wildman–Crippen MR) is 86.0 cm³/mol. The molecule has 1 unspecified atom stereocenters. The van der Waals surface area contributed by atoms with Crippen LogP contribution in [-0.4, -0.2) is 16.1 Å². The van der Waals surface area contributed by atoms with Crippen molar-refractivity contribution in [1.82, 2.24) is 5.32 Å². The van der Waals surface area contributed by atoms with Gasteiger partial charge in [-0.05, 0) is 48.2 Å². The standard InChI is InChI=1S/C18H21NO3/c1-11(2)17(13-5-7-14(20)8-6-13)19-18(22)15-9-4-12(3)10-16(15)21/h4-11,17,20-21H,1-3H3,(H,19,22). The molecular formula is C18H21NO3. The molecule has 4 nitrogen and oxygen atoms in total. The third-order valence-electron chi connectivity index (χ3n) is 3.60. The van der Waals surface area contributed by atoms with Crippen molar-refractivity contribution in [2.24, 2.45) is 5.92 Å². The van der Waals surface area contributed by atoms with E-state index in [4.69, 9.17) is 0 Å². The molecule has 3 N–H and O–H groups in total. The zero-order valence-electron chi connectivity index (χ0n) is 13.0. The molecule has 0 bridgehead atoms. The van der Waals surface area contributed by atoms with E-state index >= 15 is 0 Å². The number of amides is 1. The maximum absolute atomic E-state index is 12.4. The van der Waals surface area contributed by atoms with Crippen LogP contribution in [0.1, 0.15) is 41.4 Å². The van der Waals surface area contributed by atoms with Crippen molar-refractivity contribution in [2.75, 3.05) is 0 Å². The lowest BCUT2D eigenvalue weighted by atomic mass is 9.95. The SMILES string of the molecule is Cc1ccc(C(=O)NC(c2ccc(O)cc2)C(C)C)c(O)c1. The molecule has 22 heavy (non-hydrogen) atoms. The molecule has 0 heterocycles. The van der Waals surface area contributed by atoms with Gasteiger partial charge in [-0.1, -0.05) is 32.0 Å². The monoisotopic (exact) mass is 299 g/mol. The lowest BCUT2D eigenvalue weighted by Gasteiger charge is -2.23. The Bertz CT molecular complexity index is 663. The zero-order valence-corrected chi connectivity index (χ0v) is 13.0. The third kappa shape index (κ3) is 3.58. The molecule has 2 aromatic rings. The highest BCUT2D eigenvalue weighted by Gasteiger charge is 2.20. The molecule has 0 aliphatic rings. The Labute approximate surface area is 130 Å². The summed E-state index contributed by atoms with van der Waals surface area (Å²) in [5.41, 5.74) is 2.07. The van der Waals surface area contributed by atoms with Crippen LogP contribution in [0.2, 0.25) is 0 Å². The number of aromatic hydroxyl groups is 2. The number of phenols is 2. The minimum Gasteiger partial charge on any atom is -0.508 e. The first kappa shape index (κ1) is 15.9. The van der Waals surface area contributed by atoms with Gasteiger partial charge < -0.3 is 15.5 Å². The smallest absolute Gasteiger partial charge is 0.255 e. The molecule has 4 heteroatoms. The second-order valence-electron chi connectivity index (χ2n) is 5.81. The fourth-order valence-electron chi connectivity index (χ4n) is 2.37. The van der Waals surface area contributed by atoms with E-state index in [0.29, 0.717) is 0 Å². The summed E-state index contributed by atoms with van der Waals surface area (Å²) in [5, 5.41) is 22.3. The Morgan fingerprint density at radius 2 is 1.68 bits per heavy atom. The molecule has 0 fully saturated rings. The van der Waals surface area contributed by atoms with Crippen molar-refractivity contribution in [1.29, 1.82) is 0 Å². The molecule has 1 amide bonds. The predicted octanol–water partition coefficient (Wildman–Crippen LogP) is 3.53. The van der Waals surface area contributed by atoms with Crippen LogP contribution in [0.3, 0.4) is 0 Å². The molecule has 116 valence electrons. The van der Waals surface area contributed by atoms with Gasteiger partial charge in [0.15, 0.2) is 0 Å². The third-order valence-corrected chi connectivity index (χ3v) is 3.60. The maximum Gasteiger partial charge on any atom is 0.255 e. The Hall–Kier alpha value is -2.49. The van der Waals surface area contributed by atoms with E-state index < -0.39 is 0 Å². The van der Waals surface area contributed by atoms with Crippen LogP contribution in [0.25, 0.3) is 0 Å². The molecule has 0 aromatic heterocycles. The summed E-state index contributed by atoms with van der Waals surface area (Å²) in [4.78, 5) is 12.4. The number of hydrogen-bond acceptors (Lipinski definition) is 3. The van der Waals surface area contributed by atoms with Crippen molar-refractivity contribution in [2.45, 2.75) is 26.8 Å². The molecule has 0 aliphatic carbocycles. The van der Waals surface area contributed by atoms with Gasteiger partial charge >= 0.3 is 0 Å². The first-order valence-corrected chi connectivity index (χ1v) is 7.28. The average Bonchev–Trinajstić information content (AvgIpc) is 2.45. The van der Waals surface area contributed by atoms with Crippen LogP contribution in [-0.2, 0) is 0 Å². The lowest BCUT2D eigenvalue weighted by molar-refractivity contribution is 0.0923. The van der Waals surface area contributed by atoms with E-state index in [0.717, 1.165) is 11.1 Å². The molecule has 0 radical (unpaired) electrons. The van der Waals surface area contributed by atoms with E-state index in [1.165, 1.54) is 0 Å². The Morgan fingerprint density at radius 1 is 1.05 bits per heavy atom. The number of nitrogens with one attached hydrogen (secondary N) is 1. The van der Waals surface area contributed by atoms with E-state index in [9.17, 15) is 15.0 Å². The first-order valence-electron chi connectivity index (χ1n) is 7.28. The Morgan fingerprint density at radius 3 is 2.23 bits per heavy atom. The molecule has 0 spiro atoms. The lowest BCUT2D eigenvalue weighted by Crippen LogP contribution is -2.31. The second kappa shape index (κ2) is 6.52. The minimum absolute atomic E-state index is 0.0225. The summed E-state index contributed by atoms with van der Waals surface area (Å²) in [5.74, 6) is 0.0184. The summed E-state index contributed by atoms with van der Waals surface area (Å²) in [7, 11) is 0. The molecule has 0 saturated carbocycles. The Balaban J connectivity index is 2.24. The highest BCUT2D eigenvalue weighted by atomic mass is 16.3. The van der Waals surface area contributed by atoms with Crippen LogP contribution in [0.5, 0.6) is 11.5 Å². The summed E-state index contributed by atoms with van der Waals surface area (Å²) in [6, 6.07) is 11.5. The molecule has 2 rings (SSSR count). The summed E-state index contributed by atoms with van der Waals surface area (Å²) >= 11 is 0. The van der Waals surface area contributed by atoms with Gasteiger partial charge in [0.05, 0.1) is 11.6 Å². The number of carbonyl (C=O) groups excluding carboxylic acids is 1. The molecular weight excluding hydrogens is 278 g/mol. The fraction of sp³-hybridized carbons (Fsp3) is 0.278. The summed E-state index contributed by atoms with van der Waals surface area (Å²) < 4.78 is 0. The number of phenolic OH excluding ortho intramolecular Hbond substituents is 2. The van der Waals surface area contributed by atoms with Crippen molar-refractivity contribution < 1.29 is 15.0 Å². The summed E-state index contributed by atoms with van der Waals surface area (Å²) in [6.45, 7) is 5.87. The number of aryl methyl sites for hydroxylation is 1. The number of carbonyl (C=O) groups is 1. The van der Waals surface area contributed by atoms with E-state index in [1.807, 2.05) is 20.8 Å². The van der Waals surface area contributed by atoms with Gasteiger partial charge in [0, 0.05) is 0 Å². The van der Waals surface area contributed by atoms with Gasteiger partial charge in [-0.15, -0.1) is 0 Å². The first-order chi connectivity index (χ1) is 10.4. The van der Waals surface area contributed by atoms with Gasteiger partial charge in [0.1, 0.15) is 11.5 Å². The normalized spacial score (nSPS) is 12.2. The van der Waals surface area contributed by atoms with Gasteiger partial charge in [-0.3, -0.25) is 4.79 Å². The van der Waals surface area contributed by atoms with Crippen molar-refractivity contribution in [3.05, 3.63) is 59.2 Å². The number of hydrogen-bond donors (Lipinski definition) is 3. The van der Waals surface area contributed by atoms with Gasteiger partial charge in [-0.2, -0.15) is 0 Å². The number of rotatable bonds is 4. The largest absolute Gasteiger partial charge is 0.508 e. The van der Waals surface area contributed by atoms with Crippen LogP contribution in [0.4, 0.5) is 0 Å². The Kier molecular flexibility index (Phi) is 4.71. The van der Waals surface area contributed by atoms with Crippen LogP contribution in [0, 0.1) is 12.8 Å². The molecule has 1 atom stereocenters. The van der Waals surface area contributed by atoms with Gasteiger partial charge in [0.25, 0.3) is 5.91 Å². The van der Waals surface area contributed by atoms with Crippen molar-refractivity contribution in [3.63, 3.8) is 0 Å². The molecule has 0 saturated heterocycles. The molecule has 2 aromatic carbocycles. The minimum atomic E-state index is -0.315. The quantitative estimate of drug-likeness (QED) is 0.809. The average molecular weight is 299 g/mol. The van der Waals surface area contributed by atoms with E-state index in [1.54, 1.807) is 42.5 Å². The van der Waals surface area contributed by atoms with Gasteiger partial charge in [0.2, 0.25) is 0 Å². The van der Waals surface area contributed by atoms with Gasteiger partial charge in [-0.25, -0.2) is 0 Å². The second-order valence-corrected chi connectivity index (χ2v) is 5.81. The van der Waals surface area contributed by atoms with E-state index in [2.05, 4.69) is 5.32 Å². The van der Waals surface area contributed by atoms with Crippen molar-refractivity contribution >= 4 is 5.91 Å². The maximum atomic E-state index is 12.4. The van der Waals surface area contributed by atoms with Crippen LogP contribution in [0.15, 0.2) is 42.5 Å². The topological polar surface area (TPSA) is 69.6 Å². The van der Waals surface area contributed by atoms with Crippen molar-refractivity contribution in [3.8, 4) is 11.5 Å². The van der Waals surface area contributed by atoms with Crippen LogP contribution < -0.4 is 5.32 Å². The number of benzene rings is 2. The van der Waals surface area contributed by atoms with E-state index in [-0.39, 0.29) is 34.9 Å². The zero-order chi connectivity index (χ0) is 16.3. The highest BCUT2D eigenvalue weighted by molar-refractivity contribution is 5.97.